The van der Waals surface area contributed by atoms with Crippen molar-refractivity contribution in [3.63, 3.8) is 0 Å². The number of aliphatic hydroxyl groups is 1. The number of benzene rings is 1. The number of anilines is 1. The number of aliphatic hydroxyl groups excluding tert-OH is 1. The van der Waals surface area contributed by atoms with Gasteiger partial charge in [0, 0.05) is 0 Å². The Morgan fingerprint density at radius 3 is 3.00 bits per heavy atom. The zero-order valence-electron chi connectivity index (χ0n) is 11.6. The highest BCUT2D eigenvalue weighted by atomic mass is 19.1. The first-order valence-corrected chi connectivity index (χ1v) is 7.32. The van der Waals surface area contributed by atoms with Crippen molar-refractivity contribution in [1.29, 1.82) is 0 Å². The molecular formula is C15H19FN2O3. The van der Waals surface area contributed by atoms with Crippen LogP contribution in [0, 0.1) is 5.82 Å². The molecule has 3 unspecified atom stereocenters. The SMILES string of the molecule is O=C(NC1CCCCC1O)C1CNc2cccc(F)c2O1. The fraction of sp³-hybridized carbons (Fsp3) is 0.533. The third kappa shape index (κ3) is 2.95. The molecule has 1 fully saturated rings. The Balaban J connectivity index is 1.65. The minimum Gasteiger partial charge on any atom is -0.473 e. The average Bonchev–Trinajstić information content (AvgIpc) is 2.50. The summed E-state index contributed by atoms with van der Waals surface area (Å²) >= 11 is 0. The molecule has 1 aromatic rings. The van der Waals surface area contributed by atoms with Crippen LogP contribution in [-0.2, 0) is 4.79 Å². The van der Waals surface area contributed by atoms with E-state index in [-0.39, 0.29) is 24.2 Å². The van der Waals surface area contributed by atoms with E-state index in [9.17, 15) is 14.3 Å². The molecule has 1 aliphatic carbocycles. The van der Waals surface area contributed by atoms with E-state index >= 15 is 0 Å². The van der Waals surface area contributed by atoms with Gasteiger partial charge < -0.3 is 20.5 Å². The Morgan fingerprint density at radius 1 is 1.38 bits per heavy atom. The predicted octanol–water partition coefficient (Wildman–Crippen LogP) is 1.42. The maximum Gasteiger partial charge on any atom is 0.263 e. The number of carbonyl (C=O) groups is 1. The van der Waals surface area contributed by atoms with Gasteiger partial charge in [-0.05, 0) is 25.0 Å². The van der Waals surface area contributed by atoms with Crippen molar-refractivity contribution in [3.05, 3.63) is 24.0 Å². The number of halogens is 1. The number of nitrogens with one attached hydrogen (secondary N) is 2. The number of hydrogen-bond acceptors (Lipinski definition) is 4. The van der Waals surface area contributed by atoms with Gasteiger partial charge in [0.25, 0.3) is 5.91 Å². The van der Waals surface area contributed by atoms with Crippen molar-refractivity contribution < 1.29 is 19.0 Å². The predicted molar refractivity (Wildman–Crippen MR) is 75.7 cm³/mol. The summed E-state index contributed by atoms with van der Waals surface area (Å²) in [6.45, 7) is 0.283. The molecular weight excluding hydrogens is 275 g/mol. The van der Waals surface area contributed by atoms with Crippen molar-refractivity contribution >= 4 is 11.6 Å². The molecule has 1 aliphatic heterocycles. The quantitative estimate of drug-likeness (QED) is 0.771. The van der Waals surface area contributed by atoms with E-state index in [4.69, 9.17) is 4.74 Å². The van der Waals surface area contributed by atoms with Crippen molar-refractivity contribution in [2.24, 2.45) is 0 Å². The van der Waals surface area contributed by atoms with Crippen LogP contribution in [0.3, 0.4) is 0 Å². The van der Waals surface area contributed by atoms with Crippen LogP contribution in [0.1, 0.15) is 25.7 Å². The Bertz CT molecular complexity index is 538. The molecule has 0 saturated heterocycles. The second-order valence-electron chi connectivity index (χ2n) is 5.57. The number of hydrogen-bond donors (Lipinski definition) is 3. The van der Waals surface area contributed by atoms with E-state index in [2.05, 4.69) is 10.6 Å². The Kier molecular flexibility index (Phi) is 3.96. The first kappa shape index (κ1) is 14.1. The first-order valence-electron chi connectivity index (χ1n) is 7.32. The van der Waals surface area contributed by atoms with Gasteiger partial charge in [-0.2, -0.15) is 0 Å². The summed E-state index contributed by atoms with van der Waals surface area (Å²) in [7, 11) is 0. The van der Waals surface area contributed by atoms with Gasteiger partial charge in [0.1, 0.15) is 0 Å². The number of ether oxygens (including phenoxy) is 1. The molecule has 0 aromatic heterocycles. The third-order valence-electron chi connectivity index (χ3n) is 4.05. The summed E-state index contributed by atoms with van der Waals surface area (Å²) in [6.07, 6.45) is 2.13. The monoisotopic (exact) mass is 294 g/mol. The molecule has 114 valence electrons. The summed E-state index contributed by atoms with van der Waals surface area (Å²) in [5, 5.41) is 15.7. The summed E-state index contributed by atoms with van der Waals surface area (Å²) in [5.41, 5.74) is 0.553. The molecule has 3 atom stereocenters. The van der Waals surface area contributed by atoms with Gasteiger partial charge in [-0.25, -0.2) is 4.39 Å². The van der Waals surface area contributed by atoms with Crippen LogP contribution in [0.2, 0.25) is 0 Å². The number of rotatable bonds is 2. The molecule has 0 spiro atoms. The topological polar surface area (TPSA) is 70.6 Å². The second kappa shape index (κ2) is 5.89. The lowest BCUT2D eigenvalue weighted by Gasteiger charge is -2.31. The summed E-state index contributed by atoms with van der Waals surface area (Å²) in [5.74, 6) is -0.731. The number of amides is 1. The van der Waals surface area contributed by atoms with Crippen LogP contribution >= 0.6 is 0 Å². The van der Waals surface area contributed by atoms with E-state index in [0.717, 1.165) is 19.3 Å². The highest BCUT2D eigenvalue weighted by Gasteiger charge is 2.31. The fourth-order valence-corrected chi connectivity index (χ4v) is 2.86. The highest BCUT2D eigenvalue weighted by Crippen LogP contribution is 2.31. The Labute approximate surface area is 122 Å². The van der Waals surface area contributed by atoms with Crippen molar-refractivity contribution in [2.45, 2.75) is 43.9 Å². The summed E-state index contributed by atoms with van der Waals surface area (Å²) in [4.78, 5) is 12.2. The third-order valence-corrected chi connectivity index (χ3v) is 4.05. The zero-order chi connectivity index (χ0) is 14.8. The second-order valence-corrected chi connectivity index (χ2v) is 5.57. The zero-order valence-corrected chi connectivity index (χ0v) is 11.6. The Hall–Kier alpha value is -1.82. The van der Waals surface area contributed by atoms with Crippen molar-refractivity contribution in [2.75, 3.05) is 11.9 Å². The minimum absolute atomic E-state index is 0.0769. The van der Waals surface area contributed by atoms with E-state index in [1.54, 1.807) is 12.1 Å². The molecule has 2 aliphatic rings. The maximum atomic E-state index is 13.7. The summed E-state index contributed by atoms with van der Waals surface area (Å²) in [6, 6.07) is 4.35. The van der Waals surface area contributed by atoms with Crippen LogP contribution in [0.4, 0.5) is 10.1 Å². The van der Waals surface area contributed by atoms with Crippen molar-refractivity contribution in [1.82, 2.24) is 5.32 Å². The molecule has 0 bridgehead atoms. The smallest absolute Gasteiger partial charge is 0.263 e. The van der Waals surface area contributed by atoms with Crippen LogP contribution in [-0.4, -0.2) is 35.8 Å². The molecule has 21 heavy (non-hydrogen) atoms. The van der Waals surface area contributed by atoms with Crippen molar-refractivity contribution in [3.8, 4) is 5.75 Å². The van der Waals surface area contributed by atoms with Crippen LogP contribution < -0.4 is 15.4 Å². The van der Waals surface area contributed by atoms with Gasteiger partial charge in [0.05, 0.1) is 24.4 Å². The van der Waals surface area contributed by atoms with E-state index in [1.807, 2.05) is 0 Å². The number of fused-ring (bicyclic) bond motifs is 1. The van der Waals surface area contributed by atoms with Crippen LogP contribution in [0.15, 0.2) is 18.2 Å². The van der Waals surface area contributed by atoms with Gasteiger partial charge in [0.15, 0.2) is 17.7 Å². The molecule has 1 saturated carbocycles. The van der Waals surface area contributed by atoms with Crippen LogP contribution in [0.5, 0.6) is 5.75 Å². The lowest BCUT2D eigenvalue weighted by atomic mass is 9.92. The molecule has 1 amide bonds. The molecule has 5 nitrogen and oxygen atoms in total. The highest BCUT2D eigenvalue weighted by molar-refractivity contribution is 5.83. The van der Waals surface area contributed by atoms with Gasteiger partial charge in [-0.3, -0.25) is 4.79 Å². The number of carbonyl (C=O) groups excluding carboxylic acids is 1. The van der Waals surface area contributed by atoms with Gasteiger partial charge in [-0.15, -0.1) is 0 Å². The lowest BCUT2D eigenvalue weighted by molar-refractivity contribution is -0.129. The van der Waals surface area contributed by atoms with Gasteiger partial charge in [0.2, 0.25) is 0 Å². The standard InChI is InChI=1S/C15H19FN2O3/c16-9-4-3-6-11-14(9)21-13(8-17-11)15(20)18-10-5-1-2-7-12(10)19/h3-4,6,10,12-13,17,19H,1-2,5,7-8H2,(H,18,20). The first-order chi connectivity index (χ1) is 10.1. The molecule has 0 radical (unpaired) electrons. The van der Waals surface area contributed by atoms with Gasteiger partial charge in [-0.1, -0.05) is 18.9 Å². The molecule has 3 N–H and O–H groups in total. The molecule has 3 rings (SSSR count). The Morgan fingerprint density at radius 2 is 2.19 bits per heavy atom. The average molecular weight is 294 g/mol. The lowest BCUT2D eigenvalue weighted by Crippen LogP contribution is -2.52. The van der Waals surface area contributed by atoms with Gasteiger partial charge >= 0.3 is 0 Å². The molecule has 1 heterocycles. The number of para-hydroxylation sites is 1. The van der Waals surface area contributed by atoms with E-state index < -0.39 is 18.0 Å². The van der Waals surface area contributed by atoms with E-state index in [0.29, 0.717) is 12.1 Å². The normalized spacial score (nSPS) is 28.0. The fourth-order valence-electron chi connectivity index (χ4n) is 2.86. The summed E-state index contributed by atoms with van der Waals surface area (Å²) < 4.78 is 19.2. The van der Waals surface area contributed by atoms with E-state index in [1.165, 1.54) is 6.07 Å². The molecule has 6 heteroatoms. The largest absolute Gasteiger partial charge is 0.473 e. The minimum atomic E-state index is -0.788. The maximum absolute atomic E-state index is 13.7. The molecule has 1 aromatic carbocycles. The van der Waals surface area contributed by atoms with Crippen LogP contribution in [0.25, 0.3) is 0 Å².